The van der Waals surface area contributed by atoms with Crippen LogP contribution in [0.15, 0.2) is 9.59 Å². The van der Waals surface area contributed by atoms with Gasteiger partial charge in [0.1, 0.15) is 4.87 Å². The van der Waals surface area contributed by atoms with Crippen molar-refractivity contribution in [2.75, 3.05) is 6.26 Å². The van der Waals surface area contributed by atoms with Crippen LogP contribution in [0.3, 0.4) is 0 Å². The lowest BCUT2D eigenvalue weighted by Gasteiger charge is -2.21. The first kappa shape index (κ1) is 10.2. The second-order valence-corrected chi connectivity index (χ2v) is 4.65. The van der Waals surface area contributed by atoms with E-state index in [1.54, 1.807) is 0 Å². The van der Waals surface area contributed by atoms with Crippen molar-refractivity contribution in [2.24, 2.45) is 7.05 Å². The third-order valence-electron chi connectivity index (χ3n) is 2.03. The summed E-state index contributed by atoms with van der Waals surface area (Å²) in [6, 6.07) is 0. The lowest BCUT2D eigenvalue weighted by atomic mass is 10.4. The fourth-order valence-electron chi connectivity index (χ4n) is 0.912. The number of aromatic nitrogens is 3. The number of H-pyrrole nitrogens is 1. The number of hydrogen-bond acceptors (Lipinski definition) is 3. The lowest BCUT2D eigenvalue weighted by molar-refractivity contribution is 0.457. The summed E-state index contributed by atoms with van der Waals surface area (Å²) in [5.74, 6) is 0. The number of hydrogen-bond donors (Lipinski definition) is 1. The van der Waals surface area contributed by atoms with Crippen LogP contribution in [0.4, 0.5) is 0 Å². The molecule has 1 heterocycles. The molecular weight excluding hydrogens is 190 g/mol. The summed E-state index contributed by atoms with van der Waals surface area (Å²) in [6.45, 7) is 3.74. The number of nitrogens with zero attached hydrogens (tertiary/aromatic N) is 2. The van der Waals surface area contributed by atoms with E-state index in [1.165, 1.54) is 23.5 Å². The first-order valence-corrected chi connectivity index (χ1v) is 5.06. The lowest BCUT2D eigenvalue weighted by Crippen LogP contribution is -2.35. The highest BCUT2D eigenvalue weighted by Crippen LogP contribution is 2.23. The Morgan fingerprint density at radius 1 is 1.38 bits per heavy atom. The van der Waals surface area contributed by atoms with Gasteiger partial charge in [-0.3, -0.25) is 0 Å². The van der Waals surface area contributed by atoms with E-state index in [2.05, 4.69) is 5.10 Å². The Balaban J connectivity index is 3.41. The van der Waals surface area contributed by atoms with Crippen LogP contribution in [0.2, 0.25) is 0 Å². The Kier molecular flexibility index (Phi) is 2.42. The van der Waals surface area contributed by atoms with Crippen molar-refractivity contribution >= 4 is 11.8 Å². The van der Waals surface area contributed by atoms with Crippen LogP contribution in [0.1, 0.15) is 13.8 Å². The molecule has 0 amide bonds. The molecule has 0 bridgehead atoms. The molecule has 0 radical (unpaired) electrons. The Hall–Kier alpha value is -0.910. The predicted molar refractivity (Wildman–Crippen MR) is 53.1 cm³/mol. The Labute approximate surface area is 79.7 Å². The molecular formula is C7H13N3O2S. The molecule has 0 aliphatic carbocycles. The highest BCUT2D eigenvalue weighted by Gasteiger charge is 2.22. The maximum atomic E-state index is 11.5. The van der Waals surface area contributed by atoms with E-state index >= 15 is 0 Å². The van der Waals surface area contributed by atoms with Crippen molar-refractivity contribution in [3.8, 4) is 0 Å². The van der Waals surface area contributed by atoms with Gasteiger partial charge in [-0.05, 0) is 20.1 Å². The van der Waals surface area contributed by atoms with Gasteiger partial charge in [0.15, 0.2) is 0 Å². The average molecular weight is 203 g/mol. The van der Waals surface area contributed by atoms with Gasteiger partial charge < -0.3 is 0 Å². The van der Waals surface area contributed by atoms with Gasteiger partial charge in [-0.15, -0.1) is 11.8 Å². The van der Waals surface area contributed by atoms with Crippen molar-refractivity contribution in [2.45, 2.75) is 18.7 Å². The second kappa shape index (κ2) is 3.10. The minimum atomic E-state index is -0.419. The third kappa shape index (κ3) is 1.58. The molecule has 1 rings (SSSR count). The van der Waals surface area contributed by atoms with E-state index in [0.717, 1.165) is 4.57 Å². The molecule has 6 heteroatoms. The largest absolute Gasteiger partial charge is 0.348 e. The highest BCUT2D eigenvalue weighted by molar-refractivity contribution is 7.99. The summed E-state index contributed by atoms with van der Waals surface area (Å²) in [5, 5.41) is 2.49. The van der Waals surface area contributed by atoms with Gasteiger partial charge in [0.05, 0.1) is 0 Å². The first-order chi connectivity index (χ1) is 5.90. The molecule has 1 N–H and O–H groups in total. The normalized spacial score (nSPS) is 12.0. The minimum Gasteiger partial charge on any atom is -0.246 e. The predicted octanol–water partition coefficient (Wildman–Crippen LogP) is -0.0693. The summed E-state index contributed by atoms with van der Waals surface area (Å²) >= 11 is 1.50. The smallest absolute Gasteiger partial charge is 0.246 e. The summed E-state index contributed by atoms with van der Waals surface area (Å²) in [4.78, 5) is 22.2. The van der Waals surface area contributed by atoms with E-state index < -0.39 is 4.87 Å². The summed E-state index contributed by atoms with van der Waals surface area (Å²) in [6.07, 6.45) is 1.89. The molecule has 0 fully saturated rings. The van der Waals surface area contributed by atoms with Gasteiger partial charge in [0.2, 0.25) is 0 Å². The van der Waals surface area contributed by atoms with Gasteiger partial charge >= 0.3 is 11.4 Å². The van der Waals surface area contributed by atoms with Crippen molar-refractivity contribution in [1.29, 1.82) is 0 Å². The van der Waals surface area contributed by atoms with Crippen LogP contribution < -0.4 is 11.4 Å². The third-order valence-corrected chi connectivity index (χ3v) is 3.21. The molecule has 0 aliphatic heterocycles. The SMILES string of the molecule is CSC(C)(C)n1[nH]c(=O)n(C)c1=O. The standard InChI is InChI=1S/C7H13N3O2S/c1-7(2,13-4)10-6(12)9(3)5(11)8-10/h1-4H3,(H,8,11). The van der Waals surface area contributed by atoms with Crippen molar-refractivity contribution < 1.29 is 0 Å². The van der Waals surface area contributed by atoms with Crippen LogP contribution in [-0.4, -0.2) is 20.6 Å². The van der Waals surface area contributed by atoms with E-state index in [0.29, 0.717) is 0 Å². The number of thioether (sulfide) groups is 1. The monoisotopic (exact) mass is 203 g/mol. The van der Waals surface area contributed by atoms with Gasteiger partial charge in [-0.25, -0.2) is 23.9 Å². The molecule has 0 saturated heterocycles. The molecule has 1 aromatic rings. The topological polar surface area (TPSA) is 59.8 Å². The van der Waals surface area contributed by atoms with Gasteiger partial charge in [0, 0.05) is 7.05 Å². The highest BCUT2D eigenvalue weighted by atomic mass is 32.2. The second-order valence-electron chi connectivity index (χ2n) is 3.24. The van der Waals surface area contributed by atoms with E-state index in [1.807, 2.05) is 20.1 Å². The van der Waals surface area contributed by atoms with Crippen LogP contribution >= 0.6 is 11.8 Å². The van der Waals surface area contributed by atoms with Crippen LogP contribution in [0, 0.1) is 0 Å². The Morgan fingerprint density at radius 3 is 2.23 bits per heavy atom. The Morgan fingerprint density at radius 2 is 1.92 bits per heavy atom. The number of nitrogens with one attached hydrogen (secondary N) is 1. The van der Waals surface area contributed by atoms with Gasteiger partial charge in [-0.2, -0.15) is 0 Å². The van der Waals surface area contributed by atoms with Crippen LogP contribution in [-0.2, 0) is 11.9 Å². The molecule has 0 unspecified atom stereocenters. The molecule has 0 atom stereocenters. The van der Waals surface area contributed by atoms with Crippen LogP contribution in [0.5, 0.6) is 0 Å². The van der Waals surface area contributed by atoms with Crippen molar-refractivity contribution in [1.82, 2.24) is 14.3 Å². The molecule has 0 spiro atoms. The summed E-state index contributed by atoms with van der Waals surface area (Å²) < 4.78 is 2.39. The average Bonchev–Trinajstić information content (AvgIpc) is 2.33. The molecule has 5 nitrogen and oxygen atoms in total. The van der Waals surface area contributed by atoms with Gasteiger partial charge in [0.25, 0.3) is 0 Å². The van der Waals surface area contributed by atoms with E-state index in [9.17, 15) is 9.59 Å². The van der Waals surface area contributed by atoms with Crippen molar-refractivity contribution in [3.05, 3.63) is 21.0 Å². The zero-order chi connectivity index (χ0) is 10.2. The minimum absolute atomic E-state index is 0.315. The zero-order valence-electron chi connectivity index (χ0n) is 8.12. The molecule has 0 aromatic carbocycles. The quantitative estimate of drug-likeness (QED) is 0.732. The Bertz CT molecular complexity index is 412. The van der Waals surface area contributed by atoms with Gasteiger partial charge in [-0.1, -0.05) is 0 Å². The fraction of sp³-hybridized carbons (Fsp3) is 0.714. The molecule has 0 saturated carbocycles. The fourth-order valence-corrected chi connectivity index (χ4v) is 1.22. The molecule has 74 valence electrons. The summed E-state index contributed by atoms with van der Waals surface area (Å²) in [5.41, 5.74) is -0.698. The van der Waals surface area contributed by atoms with Crippen LogP contribution in [0.25, 0.3) is 0 Å². The zero-order valence-corrected chi connectivity index (χ0v) is 8.94. The maximum absolute atomic E-state index is 11.5. The van der Waals surface area contributed by atoms with E-state index in [4.69, 9.17) is 0 Å². The number of aromatic amines is 1. The van der Waals surface area contributed by atoms with E-state index in [-0.39, 0.29) is 11.4 Å². The number of rotatable bonds is 2. The molecule has 1 aromatic heterocycles. The molecule has 0 aliphatic rings. The maximum Gasteiger partial charge on any atom is 0.348 e. The van der Waals surface area contributed by atoms with Crippen molar-refractivity contribution in [3.63, 3.8) is 0 Å². The first-order valence-electron chi connectivity index (χ1n) is 3.84. The summed E-state index contributed by atoms with van der Waals surface area (Å²) in [7, 11) is 1.45. The molecule has 13 heavy (non-hydrogen) atoms.